The van der Waals surface area contributed by atoms with E-state index in [0.29, 0.717) is 29.5 Å². The highest BCUT2D eigenvalue weighted by molar-refractivity contribution is 7.92. The molecule has 44 heavy (non-hydrogen) atoms. The first-order valence-corrected chi connectivity index (χ1v) is 16.6. The lowest BCUT2D eigenvalue weighted by Gasteiger charge is -2.36. The third-order valence-electron chi connectivity index (χ3n) is 8.20. The van der Waals surface area contributed by atoms with Crippen LogP contribution in [0.15, 0.2) is 82.5 Å². The predicted molar refractivity (Wildman–Crippen MR) is 175 cm³/mol. The molecule has 0 aliphatic carbocycles. The summed E-state index contributed by atoms with van der Waals surface area (Å²) in [6.07, 6.45) is 3.05. The summed E-state index contributed by atoms with van der Waals surface area (Å²) in [5, 5.41) is 3.78. The van der Waals surface area contributed by atoms with Gasteiger partial charge in [0.1, 0.15) is 5.69 Å². The number of benzene rings is 3. The van der Waals surface area contributed by atoms with Gasteiger partial charge < -0.3 is 5.32 Å². The lowest BCUT2D eigenvalue weighted by Crippen LogP contribution is -2.46. The van der Waals surface area contributed by atoms with Crippen LogP contribution in [0.1, 0.15) is 40.9 Å². The second-order valence-corrected chi connectivity index (χ2v) is 13.8. The normalized spacial score (nSPS) is 15.7. The van der Waals surface area contributed by atoms with Crippen LogP contribution >= 0.6 is 23.2 Å². The first-order chi connectivity index (χ1) is 21.0. The van der Waals surface area contributed by atoms with Crippen molar-refractivity contribution >= 4 is 44.8 Å². The van der Waals surface area contributed by atoms with Gasteiger partial charge in [0.2, 0.25) is 0 Å². The SMILES string of the molecule is Cc1c(N(C)S(=O)(=O)c2ccc(Cl)c(C(=O)NCC3CCCCN3Cc3cccc(Cl)c3)c2)c(=O)n(-c2ccccc2)n1C. The number of hydrogen-bond acceptors (Lipinski definition) is 5. The molecule has 1 aromatic heterocycles. The average molecular weight is 657 g/mol. The summed E-state index contributed by atoms with van der Waals surface area (Å²) >= 11 is 12.6. The Balaban J connectivity index is 1.36. The molecule has 2 heterocycles. The fourth-order valence-corrected chi connectivity index (χ4v) is 7.40. The minimum Gasteiger partial charge on any atom is -0.350 e. The van der Waals surface area contributed by atoms with Crippen LogP contribution in [0.3, 0.4) is 0 Å². The Kier molecular flexibility index (Phi) is 9.55. The predicted octanol–water partition coefficient (Wildman–Crippen LogP) is 5.40. The molecule has 3 aromatic carbocycles. The lowest BCUT2D eigenvalue weighted by molar-refractivity contribution is 0.0907. The molecule has 0 saturated carbocycles. The van der Waals surface area contributed by atoms with E-state index in [1.807, 2.05) is 30.3 Å². The number of halogens is 2. The zero-order chi connectivity index (χ0) is 31.6. The number of carbonyl (C=O) groups excluding carboxylic acids is 1. The van der Waals surface area contributed by atoms with Gasteiger partial charge in [-0.05, 0) is 74.3 Å². The van der Waals surface area contributed by atoms with Gasteiger partial charge >= 0.3 is 0 Å². The van der Waals surface area contributed by atoms with Crippen LogP contribution in [0.4, 0.5) is 5.69 Å². The first kappa shape index (κ1) is 31.8. The molecule has 12 heteroatoms. The third-order valence-corrected chi connectivity index (χ3v) is 10.5. The second-order valence-electron chi connectivity index (χ2n) is 11.0. The number of aromatic nitrogens is 2. The molecule has 1 N–H and O–H groups in total. The van der Waals surface area contributed by atoms with Crippen molar-refractivity contribution in [2.24, 2.45) is 7.05 Å². The van der Waals surface area contributed by atoms with Crippen molar-refractivity contribution in [1.29, 1.82) is 0 Å². The molecule has 1 aliphatic heterocycles. The number of nitrogens with zero attached hydrogens (tertiary/aromatic N) is 4. The Morgan fingerprint density at radius 1 is 1.02 bits per heavy atom. The summed E-state index contributed by atoms with van der Waals surface area (Å²) in [4.78, 5) is 29.0. The molecule has 1 unspecified atom stereocenters. The number of sulfonamides is 1. The summed E-state index contributed by atoms with van der Waals surface area (Å²) in [6, 6.07) is 20.8. The standard InChI is InChI=1S/C32H35Cl2N5O4S/c1-22-30(32(41)39(36(22)2)25-12-5-4-6-13-25)37(3)44(42,43)27-15-16-29(34)28(19-27)31(40)35-20-26-14-7-8-17-38(26)21-23-10-9-11-24(33)18-23/h4-6,9-13,15-16,18-19,26H,7-8,14,17,20-21H2,1-3H3,(H,35,40). The van der Waals surface area contributed by atoms with Crippen molar-refractivity contribution in [3.05, 3.63) is 110 Å². The van der Waals surface area contributed by atoms with Crippen LogP contribution in [-0.4, -0.2) is 54.8 Å². The molecule has 1 saturated heterocycles. The number of anilines is 1. The molecule has 1 aliphatic rings. The van der Waals surface area contributed by atoms with E-state index < -0.39 is 21.5 Å². The Labute approximate surface area is 267 Å². The van der Waals surface area contributed by atoms with E-state index in [-0.39, 0.29) is 27.2 Å². The molecule has 5 rings (SSSR count). The minimum absolute atomic E-state index is 0.00870. The molecule has 9 nitrogen and oxygen atoms in total. The van der Waals surface area contributed by atoms with Gasteiger partial charge in [-0.3, -0.25) is 23.5 Å². The van der Waals surface area contributed by atoms with Crippen LogP contribution in [-0.2, 0) is 23.6 Å². The zero-order valence-electron chi connectivity index (χ0n) is 24.8. The van der Waals surface area contributed by atoms with Crippen LogP contribution in [0, 0.1) is 6.92 Å². The van der Waals surface area contributed by atoms with Crippen LogP contribution < -0.4 is 15.2 Å². The van der Waals surface area contributed by atoms with Gasteiger partial charge in [0.15, 0.2) is 0 Å². The molecular formula is C32H35Cl2N5O4S. The maximum atomic E-state index is 13.8. The second kappa shape index (κ2) is 13.2. The summed E-state index contributed by atoms with van der Waals surface area (Å²) in [7, 11) is -1.20. The largest absolute Gasteiger partial charge is 0.350 e. The summed E-state index contributed by atoms with van der Waals surface area (Å²) in [5.41, 5.74) is 1.74. The van der Waals surface area contributed by atoms with Gasteiger partial charge in [0.25, 0.3) is 21.5 Å². The van der Waals surface area contributed by atoms with Gasteiger partial charge in [-0.2, -0.15) is 0 Å². The van der Waals surface area contributed by atoms with Crippen molar-refractivity contribution in [2.75, 3.05) is 24.4 Å². The number of piperidine rings is 1. The number of hydrogen-bond donors (Lipinski definition) is 1. The van der Waals surface area contributed by atoms with Crippen molar-refractivity contribution in [3.63, 3.8) is 0 Å². The van der Waals surface area contributed by atoms with Crippen molar-refractivity contribution in [3.8, 4) is 5.69 Å². The number of likely N-dealkylation sites (tertiary alicyclic amines) is 1. The van der Waals surface area contributed by atoms with E-state index in [9.17, 15) is 18.0 Å². The number of nitrogens with one attached hydrogen (secondary N) is 1. The number of amides is 1. The van der Waals surface area contributed by atoms with Crippen LogP contribution in [0.2, 0.25) is 10.0 Å². The molecule has 0 bridgehead atoms. The highest BCUT2D eigenvalue weighted by Crippen LogP contribution is 2.27. The lowest BCUT2D eigenvalue weighted by atomic mass is 10.0. The van der Waals surface area contributed by atoms with Gasteiger partial charge in [0.05, 0.1) is 26.9 Å². The maximum absolute atomic E-state index is 13.8. The number of para-hydroxylation sites is 1. The Morgan fingerprint density at radius 3 is 2.50 bits per heavy atom. The van der Waals surface area contributed by atoms with E-state index in [0.717, 1.165) is 35.7 Å². The fourth-order valence-electron chi connectivity index (χ4n) is 5.71. The molecule has 1 amide bonds. The van der Waals surface area contributed by atoms with Crippen LogP contribution in [0.25, 0.3) is 5.69 Å². The van der Waals surface area contributed by atoms with Gasteiger partial charge in [-0.1, -0.05) is 60.0 Å². The topological polar surface area (TPSA) is 96.7 Å². The highest BCUT2D eigenvalue weighted by atomic mass is 35.5. The molecular weight excluding hydrogens is 621 g/mol. The molecule has 0 radical (unpaired) electrons. The molecule has 4 aromatic rings. The van der Waals surface area contributed by atoms with E-state index >= 15 is 0 Å². The van der Waals surface area contributed by atoms with Gasteiger partial charge in [-0.25, -0.2) is 13.1 Å². The van der Waals surface area contributed by atoms with Gasteiger partial charge in [-0.15, -0.1) is 0 Å². The van der Waals surface area contributed by atoms with Crippen molar-refractivity contribution < 1.29 is 13.2 Å². The monoisotopic (exact) mass is 655 g/mol. The highest BCUT2D eigenvalue weighted by Gasteiger charge is 2.30. The Bertz CT molecular complexity index is 1840. The number of carbonyl (C=O) groups is 1. The van der Waals surface area contributed by atoms with Crippen molar-refractivity contribution in [2.45, 2.75) is 43.7 Å². The third kappa shape index (κ3) is 6.44. The summed E-state index contributed by atoms with van der Waals surface area (Å²) in [6.45, 7) is 3.68. The molecule has 1 fully saturated rings. The quantitative estimate of drug-likeness (QED) is 0.260. The van der Waals surface area contributed by atoms with Crippen LogP contribution in [0.5, 0.6) is 0 Å². The summed E-state index contributed by atoms with van der Waals surface area (Å²) < 4.78 is 31.6. The minimum atomic E-state index is -4.23. The Hall–Kier alpha value is -3.57. The molecule has 232 valence electrons. The molecule has 0 spiro atoms. The smallest absolute Gasteiger partial charge is 0.296 e. The zero-order valence-corrected chi connectivity index (χ0v) is 27.2. The number of rotatable bonds is 9. The van der Waals surface area contributed by atoms with E-state index in [2.05, 4.69) is 10.2 Å². The van der Waals surface area contributed by atoms with Gasteiger partial charge in [0, 0.05) is 38.2 Å². The van der Waals surface area contributed by atoms with E-state index in [1.54, 1.807) is 42.9 Å². The fraction of sp³-hybridized carbons (Fsp3) is 0.312. The van der Waals surface area contributed by atoms with E-state index in [4.69, 9.17) is 23.2 Å². The molecule has 1 atom stereocenters. The van der Waals surface area contributed by atoms with E-state index in [1.165, 1.54) is 29.9 Å². The average Bonchev–Trinajstić information content (AvgIpc) is 3.23. The first-order valence-electron chi connectivity index (χ1n) is 14.4. The van der Waals surface area contributed by atoms with Crippen molar-refractivity contribution in [1.82, 2.24) is 19.6 Å². The maximum Gasteiger partial charge on any atom is 0.296 e. The Morgan fingerprint density at radius 2 is 1.77 bits per heavy atom. The summed E-state index contributed by atoms with van der Waals surface area (Å²) in [5.74, 6) is -0.467.